The van der Waals surface area contributed by atoms with Gasteiger partial charge in [0.05, 0.1) is 12.6 Å². The van der Waals surface area contributed by atoms with Gasteiger partial charge in [-0.25, -0.2) is 0 Å². The average molecular weight is 344 g/mol. The number of nitrogens with two attached hydrogens (primary N) is 1. The largest absolute Gasteiger partial charge is 0.339 e. The first kappa shape index (κ1) is 17.9. The Balaban J connectivity index is 1.55. The van der Waals surface area contributed by atoms with Crippen LogP contribution in [-0.4, -0.2) is 66.9 Å². The standard InChI is InChI=1S/C19H28N4O2/c1-2-16(20)19(25)22-12-10-21(11-13-22)14-18(24)23-9-5-7-15-6-3-4-8-17(15)23/h3-4,6,8,16H,2,5,7,9-14,20H2,1H3/t16-/m0/s1. The zero-order valence-corrected chi connectivity index (χ0v) is 15.0. The lowest BCUT2D eigenvalue weighted by molar-refractivity contribution is -0.134. The monoisotopic (exact) mass is 344 g/mol. The second-order valence-electron chi connectivity index (χ2n) is 6.89. The molecular formula is C19H28N4O2. The predicted molar refractivity (Wildman–Crippen MR) is 98.4 cm³/mol. The number of carbonyl (C=O) groups is 2. The molecule has 1 aromatic rings. The lowest BCUT2D eigenvalue weighted by atomic mass is 10.0. The van der Waals surface area contributed by atoms with Gasteiger partial charge >= 0.3 is 0 Å². The molecule has 6 nitrogen and oxygen atoms in total. The number of nitrogens with zero attached hydrogens (tertiary/aromatic N) is 3. The maximum Gasteiger partial charge on any atom is 0.241 e. The highest BCUT2D eigenvalue weighted by molar-refractivity contribution is 5.96. The molecule has 1 saturated heterocycles. The number of amides is 2. The van der Waals surface area contributed by atoms with E-state index in [0.29, 0.717) is 26.1 Å². The Morgan fingerprint density at radius 2 is 1.84 bits per heavy atom. The van der Waals surface area contributed by atoms with Crippen LogP contribution in [0.2, 0.25) is 0 Å². The fourth-order valence-corrected chi connectivity index (χ4v) is 3.60. The fourth-order valence-electron chi connectivity index (χ4n) is 3.60. The Kier molecular flexibility index (Phi) is 5.71. The van der Waals surface area contributed by atoms with Crippen molar-refractivity contribution in [2.75, 3.05) is 44.2 Å². The molecule has 0 saturated carbocycles. The molecule has 2 heterocycles. The summed E-state index contributed by atoms with van der Waals surface area (Å²) in [6, 6.07) is 7.76. The Morgan fingerprint density at radius 3 is 2.56 bits per heavy atom. The normalized spacial score (nSPS) is 19.4. The van der Waals surface area contributed by atoms with Crippen LogP contribution in [-0.2, 0) is 16.0 Å². The number of para-hydroxylation sites is 1. The molecule has 25 heavy (non-hydrogen) atoms. The first-order valence-electron chi connectivity index (χ1n) is 9.25. The molecule has 2 amide bonds. The summed E-state index contributed by atoms with van der Waals surface area (Å²) < 4.78 is 0. The van der Waals surface area contributed by atoms with Crippen LogP contribution in [0.1, 0.15) is 25.3 Å². The van der Waals surface area contributed by atoms with E-state index in [1.165, 1.54) is 5.56 Å². The van der Waals surface area contributed by atoms with Gasteiger partial charge in [-0.15, -0.1) is 0 Å². The van der Waals surface area contributed by atoms with Crippen molar-refractivity contribution in [1.82, 2.24) is 9.80 Å². The molecular weight excluding hydrogens is 316 g/mol. The van der Waals surface area contributed by atoms with Crippen molar-refractivity contribution in [3.8, 4) is 0 Å². The molecule has 0 radical (unpaired) electrons. The Bertz CT molecular complexity index is 626. The topological polar surface area (TPSA) is 69.9 Å². The van der Waals surface area contributed by atoms with Crippen molar-refractivity contribution in [3.05, 3.63) is 29.8 Å². The van der Waals surface area contributed by atoms with Crippen LogP contribution in [0.15, 0.2) is 24.3 Å². The zero-order valence-electron chi connectivity index (χ0n) is 15.0. The van der Waals surface area contributed by atoms with Gasteiger partial charge in [-0.3, -0.25) is 14.5 Å². The average Bonchev–Trinajstić information content (AvgIpc) is 2.66. The van der Waals surface area contributed by atoms with Gasteiger partial charge in [0.25, 0.3) is 0 Å². The number of aryl methyl sites for hydroxylation is 1. The number of rotatable bonds is 4. The molecule has 1 aromatic carbocycles. The van der Waals surface area contributed by atoms with Crippen LogP contribution in [0.3, 0.4) is 0 Å². The predicted octanol–water partition coefficient (Wildman–Crippen LogP) is 0.847. The van der Waals surface area contributed by atoms with Gasteiger partial charge in [0.2, 0.25) is 11.8 Å². The third-order valence-electron chi connectivity index (χ3n) is 5.21. The van der Waals surface area contributed by atoms with Gasteiger partial charge in [0.15, 0.2) is 0 Å². The first-order valence-corrected chi connectivity index (χ1v) is 9.25. The molecule has 0 aliphatic carbocycles. The van der Waals surface area contributed by atoms with Crippen molar-refractivity contribution >= 4 is 17.5 Å². The van der Waals surface area contributed by atoms with Crippen molar-refractivity contribution in [2.45, 2.75) is 32.2 Å². The van der Waals surface area contributed by atoms with Crippen LogP contribution < -0.4 is 10.6 Å². The lowest BCUT2D eigenvalue weighted by Gasteiger charge is -2.37. The minimum absolute atomic E-state index is 0.0263. The van der Waals surface area contributed by atoms with Crippen molar-refractivity contribution < 1.29 is 9.59 Å². The van der Waals surface area contributed by atoms with Crippen LogP contribution in [0, 0.1) is 0 Å². The SMILES string of the molecule is CC[C@H](N)C(=O)N1CCN(CC(=O)N2CCCc3ccccc32)CC1. The van der Waals surface area contributed by atoms with Crippen LogP contribution in [0.25, 0.3) is 0 Å². The van der Waals surface area contributed by atoms with Crippen molar-refractivity contribution in [1.29, 1.82) is 0 Å². The minimum Gasteiger partial charge on any atom is -0.339 e. The third-order valence-corrected chi connectivity index (χ3v) is 5.21. The van der Waals surface area contributed by atoms with Crippen molar-refractivity contribution in [2.24, 2.45) is 5.73 Å². The zero-order chi connectivity index (χ0) is 17.8. The highest BCUT2D eigenvalue weighted by Crippen LogP contribution is 2.26. The summed E-state index contributed by atoms with van der Waals surface area (Å²) >= 11 is 0. The molecule has 2 aliphatic heterocycles. The van der Waals surface area contributed by atoms with Gasteiger partial charge in [0, 0.05) is 38.4 Å². The summed E-state index contributed by atoms with van der Waals surface area (Å²) in [6.45, 7) is 5.88. The summed E-state index contributed by atoms with van der Waals surface area (Å²) in [5, 5.41) is 0. The van der Waals surface area contributed by atoms with Crippen molar-refractivity contribution in [3.63, 3.8) is 0 Å². The van der Waals surface area contributed by atoms with Gasteiger partial charge in [-0.05, 0) is 30.9 Å². The van der Waals surface area contributed by atoms with Crippen LogP contribution in [0.5, 0.6) is 0 Å². The Morgan fingerprint density at radius 1 is 1.12 bits per heavy atom. The summed E-state index contributed by atoms with van der Waals surface area (Å²) in [5.41, 5.74) is 8.15. The number of anilines is 1. The second kappa shape index (κ2) is 7.97. The molecule has 6 heteroatoms. The van der Waals surface area contributed by atoms with E-state index in [0.717, 1.165) is 38.2 Å². The Labute approximate surface area is 149 Å². The van der Waals surface area contributed by atoms with E-state index in [-0.39, 0.29) is 11.8 Å². The first-order chi connectivity index (χ1) is 12.1. The van der Waals surface area contributed by atoms with Gasteiger partial charge < -0.3 is 15.5 Å². The molecule has 0 spiro atoms. The smallest absolute Gasteiger partial charge is 0.241 e. The molecule has 0 bridgehead atoms. The highest BCUT2D eigenvalue weighted by Gasteiger charge is 2.28. The van der Waals surface area contributed by atoms with E-state index in [1.807, 2.05) is 34.9 Å². The van der Waals surface area contributed by atoms with Crippen LogP contribution >= 0.6 is 0 Å². The second-order valence-corrected chi connectivity index (χ2v) is 6.89. The van der Waals surface area contributed by atoms with E-state index in [4.69, 9.17) is 5.73 Å². The number of piperazine rings is 1. The number of hydrogen-bond donors (Lipinski definition) is 1. The van der Waals surface area contributed by atoms with Gasteiger partial charge in [0.1, 0.15) is 0 Å². The number of fused-ring (bicyclic) bond motifs is 1. The van der Waals surface area contributed by atoms with E-state index < -0.39 is 6.04 Å². The molecule has 136 valence electrons. The van der Waals surface area contributed by atoms with Gasteiger partial charge in [-0.2, -0.15) is 0 Å². The molecule has 1 atom stereocenters. The summed E-state index contributed by atoms with van der Waals surface area (Å²) in [4.78, 5) is 30.8. The number of benzene rings is 1. The number of carbonyl (C=O) groups excluding carboxylic acids is 2. The third kappa shape index (κ3) is 4.02. The lowest BCUT2D eigenvalue weighted by Crippen LogP contribution is -2.54. The summed E-state index contributed by atoms with van der Waals surface area (Å²) in [7, 11) is 0. The molecule has 0 aromatic heterocycles. The van der Waals surface area contributed by atoms with E-state index >= 15 is 0 Å². The van der Waals surface area contributed by atoms with Crippen LogP contribution in [0.4, 0.5) is 5.69 Å². The van der Waals surface area contributed by atoms with E-state index in [1.54, 1.807) is 0 Å². The fraction of sp³-hybridized carbons (Fsp3) is 0.579. The molecule has 0 unspecified atom stereocenters. The Hall–Kier alpha value is -1.92. The van der Waals surface area contributed by atoms with E-state index in [2.05, 4.69) is 11.0 Å². The summed E-state index contributed by atoms with van der Waals surface area (Å²) in [6.07, 6.45) is 2.71. The molecule has 2 N–H and O–H groups in total. The highest BCUT2D eigenvalue weighted by atomic mass is 16.2. The minimum atomic E-state index is -0.405. The molecule has 1 fully saturated rings. The molecule has 3 rings (SSSR count). The molecule has 2 aliphatic rings. The van der Waals surface area contributed by atoms with E-state index in [9.17, 15) is 9.59 Å². The van der Waals surface area contributed by atoms with Gasteiger partial charge in [-0.1, -0.05) is 25.1 Å². The summed E-state index contributed by atoms with van der Waals surface area (Å²) in [5.74, 6) is 0.177. The maximum atomic E-state index is 12.8. The maximum absolute atomic E-state index is 12.8. The quantitative estimate of drug-likeness (QED) is 0.879. The number of hydrogen-bond acceptors (Lipinski definition) is 4.